The average Bonchev–Trinajstić information content (AvgIpc) is 3.50. The fourth-order valence-corrected chi connectivity index (χ4v) is 5.12. The van der Waals surface area contributed by atoms with Gasteiger partial charge in [-0.1, -0.05) is 41.6 Å². The molecule has 3 aliphatic rings. The molecule has 2 aliphatic heterocycles. The molecule has 9 nitrogen and oxygen atoms in total. The van der Waals surface area contributed by atoms with Crippen molar-refractivity contribution in [2.75, 3.05) is 24.5 Å². The molecule has 6 rings (SSSR count). The van der Waals surface area contributed by atoms with Crippen LogP contribution in [0.3, 0.4) is 0 Å². The molecule has 11 heteroatoms. The van der Waals surface area contributed by atoms with Gasteiger partial charge in [-0.3, -0.25) is 9.59 Å². The number of hydrogen-bond acceptors (Lipinski definition) is 6. The number of nitrogens with one attached hydrogen (secondary N) is 1. The molecular weight excluding hydrogens is 492 g/mol. The number of halogens is 2. The second-order valence-corrected chi connectivity index (χ2v) is 10.3. The van der Waals surface area contributed by atoms with Crippen LogP contribution in [0.5, 0.6) is 0 Å². The Balaban J connectivity index is 1.20. The molecule has 0 bridgehead atoms. The highest BCUT2D eigenvalue weighted by atomic mass is 19.1. The van der Waals surface area contributed by atoms with Crippen LogP contribution in [0.4, 0.5) is 14.6 Å². The fraction of sp³-hybridized carbons (Fsp3) is 0.444. The van der Waals surface area contributed by atoms with Gasteiger partial charge in [0.1, 0.15) is 18.8 Å². The minimum absolute atomic E-state index is 0.113. The van der Waals surface area contributed by atoms with Gasteiger partial charge >= 0.3 is 0 Å². The van der Waals surface area contributed by atoms with Crippen LogP contribution in [0.15, 0.2) is 48.7 Å². The quantitative estimate of drug-likeness (QED) is 0.458. The van der Waals surface area contributed by atoms with Crippen LogP contribution in [-0.4, -0.2) is 68.5 Å². The molecule has 3 atom stereocenters. The van der Waals surface area contributed by atoms with E-state index in [1.807, 2.05) is 30.3 Å². The van der Waals surface area contributed by atoms with Crippen molar-refractivity contribution in [3.05, 3.63) is 71.4 Å². The van der Waals surface area contributed by atoms with E-state index in [2.05, 4.69) is 25.5 Å². The molecule has 1 N–H and O–H groups in total. The van der Waals surface area contributed by atoms with Gasteiger partial charge in [-0.2, -0.15) is 4.39 Å². The number of anilines is 1. The predicted molar refractivity (Wildman–Crippen MR) is 134 cm³/mol. The number of amides is 2. The minimum Gasteiger partial charge on any atom is -0.354 e. The molecule has 3 aromatic rings. The van der Waals surface area contributed by atoms with Gasteiger partial charge in [-0.25, -0.2) is 14.1 Å². The second-order valence-electron chi connectivity index (χ2n) is 10.3. The molecular formula is C27H29F2N7O2. The predicted octanol–water partition coefficient (Wildman–Crippen LogP) is 2.74. The van der Waals surface area contributed by atoms with Crippen molar-refractivity contribution in [1.29, 1.82) is 0 Å². The van der Waals surface area contributed by atoms with Gasteiger partial charge < -0.3 is 15.1 Å². The van der Waals surface area contributed by atoms with Gasteiger partial charge in [-0.15, -0.1) is 5.10 Å². The van der Waals surface area contributed by atoms with Crippen LogP contribution in [-0.2, 0) is 16.1 Å². The molecule has 2 aromatic heterocycles. The van der Waals surface area contributed by atoms with Crippen molar-refractivity contribution in [2.24, 2.45) is 0 Å². The molecule has 38 heavy (non-hydrogen) atoms. The lowest BCUT2D eigenvalue weighted by Gasteiger charge is -2.30. The molecule has 0 unspecified atom stereocenters. The Labute approximate surface area is 218 Å². The Bertz CT molecular complexity index is 1330. The zero-order valence-corrected chi connectivity index (χ0v) is 20.8. The van der Waals surface area contributed by atoms with E-state index in [9.17, 15) is 18.4 Å². The third-order valence-electron chi connectivity index (χ3n) is 7.51. The standard InChI is InChI=1S/C27H29F2N7O2/c28-19-13-22(36(14-19)24(37)16-35-15-23(32-33-35)34-11-4-12-34)27(38)31-25(18-5-2-1-3-6-18)21-10-9-20(17-7-8-17)26(29)30-21/h1-3,5-6,9-10,15,17,19,22,25H,4,7-8,11-14,16H2,(H,31,38)/t19-,22+,25+/m1/s1. The number of aromatic nitrogens is 4. The van der Waals surface area contributed by atoms with Gasteiger partial charge in [-0.05, 0) is 36.8 Å². The maximum Gasteiger partial charge on any atom is 0.245 e. The molecule has 198 valence electrons. The van der Waals surface area contributed by atoms with Crippen LogP contribution < -0.4 is 10.2 Å². The molecule has 0 spiro atoms. The summed E-state index contributed by atoms with van der Waals surface area (Å²) in [7, 11) is 0. The first kappa shape index (κ1) is 24.4. The number of nitrogens with zero attached hydrogens (tertiary/aromatic N) is 6. The largest absolute Gasteiger partial charge is 0.354 e. The molecule has 0 radical (unpaired) electrons. The van der Waals surface area contributed by atoms with Gasteiger partial charge in [0.25, 0.3) is 0 Å². The number of carbonyl (C=O) groups excluding carboxylic acids is 2. The monoisotopic (exact) mass is 521 g/mol. The lowest BCUT2D eigenvalue weighted by Crippen LogP contribution is -2.48. The first-order valence-corrected chi connectivity index (χ1v) is 13.1. The summed E-state index contributed by atoms with van der Waals surface area (Å²) < 4.78 is 30.8. The van der Waals surface area contributed by atoms with Crippen LogP contribution in [0.1, 0.15) is 54.5 Å². The zero-order valence-electron chi connectivity index (χ0n) is 20.8. The number of rotatable bonds is 8. The van der Waals surface area contributed by atoms with Crippen molar-refractivity contribution >= 4 is 17.6 Å². The number of alkyl halides is 1. The van der Waals surface area contributed by atoms with Crippen LogP contribution in [0.25, 0.3) is 0 Å². The summed E-state index contributed by atoms with van der Waals surface area (Å²) in [4.78, 5) is 34.1. The van der Waals surface area contributed by atoms with Gasteiger partial charge in [0.2, 0.25) is 17.8 Å². The molecule has 4 heterocycles. The Morgan fingerprint density at radius 3 is 2.58 bits per heavy atom. The highest BCUT2D eigenvalue weighted by molar-refractivity contribution is 5.88. The SMILES string of the molecule is O=C(N[C@@H](c1ccccc1)c1ccc(C2CC2)c(F)n1)[C@@H]1C[C@@H](F)CN1C(=O)Cn1cc(N2CCC2)nn1. The van der Waals surface area contributed by atoms with E-state index < -0.39 is 36.0 Å². The minimum atomic E-state index is -1.33. The van der Waals surface area contributed by atoms with Gasteiger partial charge in [0.15, 0.2) is 5.82 Å². The summed E-state index contributed by atoms with van der Waals surface area (Å²) in [5.41, 5.74) is 1.64. The molecule has 2 amide bonds. The molecule has 3 fully saturated rings. The number of carbonyl (C=O) groups is 2. The third-order valence-corrected chi connectivity index (χ3v) is 7.51. The van der Waals surface area contributed by atoms with E-state index in [1.165, 1.54) is 9.58 Å². The highest BCUT2D eigenvalue weighted by Gasteiger charge is 2.41. The number of pyridine rings is 1. The summed E-state index contributed by atoms with van der Waals surface area (Å²) >= 11 is 0. The van der Waals surface area contributed by atoms with E-state index in [4.69, 9.17) is 0 Å². The smallest absolute Gasteiger partial charge is 0.245 e. The summed E-state index contributed by atoms with van der Waals surface area (Å²) in [5, 5.41) is 11.0. The first-order valence-electron chi connectivity index (χ1n) is 13.1. The fourth-order valence-electron chi connectivity index (χ4n) is 5.12. The topological polar surface area (TPSA) is 96.2 Å². The summed E-state index contributed by atoms with van der Waals surface area (Å²) in [6.07, 6.45) is 3.22. The van der Waals surface area contributed by atoms with Crippen molar-refractivity contribution < 1.29 is 18.4 Å². The van der Waals surface area contributed by atoms with Crippen molar-refractivity contribution in [2.45, 2.75) is 56.4 Å². The lowest BCUT2D eigenvalue weighted by atomic mass is 10.0. The Hall–Kier alpha value is -3.89. The normalized spacial score (nSPS) is 21.7. The summed E-state index contributed by atoms with van der Waals surface area (Å²) in [5.74, 6) is -0.568. The Morgan fingerprint density at radius 1 is 1.11 bits per heavy atom. The lowest BCUT2D eigenvalue weighted by molar-refractivity contribution is -0.139. The van der Waals surface area contributed by atoms with E-state index in [-0.39, 0.29) is 25.4 Å². The van der Waals surface area contributed by atoms with Crippen molar-refractivity contribution in [1.82, 2.24) is 30.2 Å². The second kappa shape index (κ2) is 10.1. The molecule has 1 saturated carbocycles. The average molecular weight is 522 g/mol. The number of likely N-dealkylation sites (tertiary alicyclic amines) is 1. The van der Waals surface area contributed by atoms with Crippen LogP contribution >= 0.6 is 0 Å². The summed E-state index contributed by atoms with van der Waals surface area (Å²) in [6.45, 7) is 1.47. The van der Waals surface area contributed by atoms with Gasteiger partial charge in [0, 0.05) is 25.1 Å². The zero-order chi connectivity index (χ0) is 26.2. The Kier molecular flexibility index (Phi) is 6.50. The maximum absolute atomic E-state index is 14.8. The molecule has 1 aromatic carbocycles. The van der Waals surface area contributed by atoms with E-state index in [0.29, 0.717) is 22.6 Å². The maximum atomic E-state index is 14.8. The van der Waals surface area contributed by atoms with E-state index >= 15 is 0 Å². The highest BCUT2D eigenvalue weighted by Crippen LogP contribution is 2.41. The van der Waals surface area contributed by atoms with E-state index in [1.54, 1.807) is 18.3 Å². The first-order chi connectivity index (χ1) is 18.5. The molecule has 1 aliphatic carbocycles. The Morgan fingerprint density at radius 2 is 1.89 bits per heavy atom. The van der Waals surface area contributed by atoms with E-state index in [0.717, 1.165) is 32.4 Å². The van der Waals surface area contributed by atoms with Crippen molar-refractivity contribution in [3.63, 3.8) is 0 Å². The number of benzene rings is 1. The van der Waals surface area contributed by atoms with Crippen molar-refractivity contribution in [3.8, 4) is 0 Å². The molecule has 2 saturated heterocycles. The van der Waals surface area contributed by atoms with Gasteiger partial charge in [0.05, 0.1) is 24.5 Å². The van der Waals surface area contributed by atoms with Crippen LogP contribution in [0, 0.1) is 5.95 Å². The van der Waals surface area contributed by atoms with Crippen LogP contribution in [0.2, 0.25) is 0 Å². The summed E-state index contributed by atoms with van der Waals surface area (Å²) in [6, 6.07) is 10.8. The third kappa shape index (κ3) is 4.97. The number of hydrogen-bond donors (Lipinski definition) is 1.